The van der Waals surface area contributed by atoms with Crippen LogP contribution in [0, 0.1) is 5.82 Å². The molecule has 0 aliphatic carbocycles. The van der Waals surface area contributed by atoms with Gasteiger partial charge in [-0.2, -0.15) is 0 Å². The van der Waals surface area contributed by atoms with Crippen LogP contribution in [0.1, 0.15) is 42.8 Å². The molecule has 0 atom stereocenters. The second-order valence-electron chi connectivity index (χ2n) is 7.84. The van der Waals surface area contributed by atoms with Crippen molar-refractivity contribution in [3.8, 4) is 11.4 Å². The zero-order chi connectivity index (χ0) is 22.6. The molecule has 0 unspecified atom stereocenters. The predicted molar refractivity (Wildman–Crippen MR) is 116 cm³/mol. The maximum Gasteiger partial charge on any atom is 0.225 e. The second kappa shape index (κ2) is 9.31. The molecule has 11 heteroatoms. The van der Waals surface area contributed by atoms with E-state index in [1.165, 1.54) is 23.1 Å². The Morgan fingerprint density at radius 2 is 2.00 bits per heavy atom. The molecule has 0 spiro atoms. The number of piperidine rings is 1. The lowest BCUT2D eigenvalue weighted by Gasteiger charge is -2.30. The summed E-state index contributed by atoms with van der Waals surface area (Å²) in [6.07, 6.45) is 9.46. The summed E-state index contributed by atoms with van der Waals surface area (Å²) in [7, 11) is 0. The van der Waals surface area contributed by atoms with Crippen LogP contribution in [-0.4, -0.2) is 48.2 Å². The summed E-state index contributed by atoms with van der Waals surface area (Å²) in [5.74, 6) is 1.29. The summed E-state index contributed by atoms with van der Waals surface area (Å²) in [5.41, 5.74) is 2.26. The third-order valence-corrected chi connectivity index (χ3v) is 5.70. The minimum absolute atomic E-state index is 0.112. The van der Waals surface area contributed by atoms with Gasteiger partial charge in [-0.3, -0.25) is 0 Å². The lowest BCUT2D eigenvalue weighted by Crippen LogP contribution is -2.34. The Morgan fingerprint density at radius 3 is 2.70 bits per heavy atom. The van der Waals surface area contributed by atoms with Crippen LogP contribution in [-0.2, 0) is 13.0 Å². The van der Waals surface area contributed by atoms with E-state index in [4.69, 9.17) is 9.15 Å². The lowest BCUT2D eigenvalue weighted by molar-refractivity contribution is 0.285. The molecule has 1 saturated heterocycles. The van der Waals surface area contributed by atoms with Crippen molar-refractivity contribution >= 4 is 5.95 Å². The minimum atomic E-state index is -0.506. The zero-order valence-electron chi connectivity index (χ0n) is 18.1. The first-order chi connectivity index (χ1) is 16.2. The van der Waals surface area contributed by atoms with Gasteiger partial charge in [0.2, 0.25) is 5.95 Å². The average Bonchev–Trinajstić information content (AvgIpc) is 3.56. The van der Waals surface area contributed by atoms with Crippen molar-refractivity contribution in [3.63, 3.8) is 0 Å². The van der Waals surface area contributed by atoms with E-state index < -0.39 is 5.82 Å². The van der Waals surface area contributed by atoms with E-state index in [-0.39, 0.29) is 18.3 Å². The molecular formula is C22H23FN8O2. The van der Waals surface area contributed by atoms with E-state index >= 15 is 0 Å². The Hall–Kier alpha value is -3.89. The predicted octanol–water partition coefficient (Wildman–Crippen LogP) is 3.10. The number of hydrogen-bond donors (Lipinski definition) is 0. The fraction of sp³-hybridized carbons (Fsp3) is 0.364. The molecule has 1 fully saturated rings. The number of anilines is 1. The number of hydrogen-bond acceptors (Lipinski definition) is 9. The summed E-state index contributed by atoms with van der Waals surface area (Å²) in [5, 5.41) is 10.8. The van der Waals surface area contributed by atoms with Gasteiger partial charge in [-0.05, 0) is 47.4 Å². The molecule has 0 bridgehead atoms. The number of tetrazole rings is 1. The highest BCUT2D eigenvalue weighted by molar-refractivity contribution is 5.37. The smallest absolute Gasteiger partial charge is 0.225 e. The number of benzene rings is 1. The van der Waals surface area contributed by atoms with Gasteiger partial charge in [-0.1, -0.05) is 6.92 Å². The van der Waals surface area contributed by atoms with Crippen molar-refractivity contribution < 1.29 is 13.5 Å². The molecule has 1 aliphatic heterocycles. The fourth-order valence-corrected chi connectivity index (χ4v) is 3.78. The molecule has 10 nitrogen and oxygen atoms in total. The van der Waals surface area contributed by atoms with Crippen LogP contribution in [0.2, 0.25) is 0 Å². The Kier molecular flexibility index (Phi) is 5.92. The molecule has 0 N–H and O–H groups in total. The average molecular weight is 450 g/mol. The summed E-state index contributed by atoms with van der Waals surface area (Å²) in [6.45, 7) is 3.87. The minimum Gasteiger partial charge on any atom is -0.484 e. The normalized spacial score (nSPS) is 14.5. The first-order valence-corrected chi connectivity index (χ1v) is 10.9. The van der Waals surface area contributed by atoms with Crippen LogP contribution in [0.3, 0.4) is 0 Å². The number of ether oxygens (including phenoxy) is 1. The van der Waals surface area contributed by atoms with Gasteiger partial charge in [0.25, 0.3) is 0 Å². The van der Waals surface area contributed by atoms with Crippen molar-refractivity contribution in [3.05, 3.63) is 66.1 Å². The summed E-state index contributed by atoms with van der Waals surface area (Å²) in [4.78, 5) is 15.7. The van der Waals surface area contributed by atoms with Crippen LogP contribution in [0.5, 0.6) is 5.75 Å². The highest BCUT2D eigenvalue weighted by Crippen LogP contribution is 2.29. The molecule has 0 amide bonds. The molecule has 3 aromatic heterocycles. The van der Waals surface area contributed by atoms with Crippen molar-refractivity contribution in [1.82, 2.24) is 35.2 Å². The first kappa shape index (κ1) is 21.0. The number of nitrogens with zero attached hydrogens (tertiary/aromatic N) is 8. The van der Waals surface area contributed by atoms with Crippen molar-refractivity contribution in [2.24, 2.45) is 0 Å². The van der Waals surface area contributed by atoms with Gasteiger partial charge in [-0.25, -0.2) is 24.0 Å². The second-order valence-corrected chi connectivity index (χ2v) is 7.84. The molecule has 1 aliphatic rings. The first-order valence-electron chi connectivity index (χ1n) is 10.9. The number of aryl methyl sites for hydroxylation is 1. The van der Waals surface area contributed by atoms with Gasteiger partial charge in [0.15, 0.2) is 17.5 Å². The molecule has 0 saturated carbocycles. The highest BCUT2D eigenvalue weighted by atomic mass is 19.1. The number of rotatable bonds is 7. The quantitative estimate of drug-likeness (QED) is 0.420. The number of oxazole rings is 1. The van der Waals surface area contributed by atoms with E-state index in [9.17, 15) is 4.39 Å². The molecule has 33 heavy (non-hydrogen) atoms. The van der Waals surface area contributed by atoms with Crippen LogP contribution in [0.4, 0.5) is 10.3 Å². The third-order valence-electron chi connectivity index (χ3n) is 5.70. The lowest BCUT2D eigenvalue weighted by atomic mass is 9.97. The Morgan fingerprint density at radius 1 is 1.18 bits per heavy atom. The van der Waals surface area contributed by atoms with E-state index in [0.29, 0.717) is 17.3 Å². The van der Waals surface area contributed by atoms with Crippen LogP contribution >= 0.6 is 0 Å². The van der Waals surface area contributed by atoms with Gasteiger partial charge in [0.1, 0.15) is 24.9 Å². The third kappa shape index (κ3) is 4.66. The Balaban J connectivity index is 1.16. The summed E-state index contributed by atoms with van der Waals surface area (Å²) < 4.78 is 27.1. The Bertz CT molecular complexity index is 1190. The standard InChI is InChI=1S/C22H23FN8O2/c1-2-15-10-24-22(25-11-15)30-7-5-16(6-8-30)21-27-17(13-33-21)12-32-20-4-3-18(9-19(20)23)31-14-26-28-29-31/h3-4,9-11,13-14,16H,2,5-8,12H2,1H3. The van der Waals surface area contributed by atoms with Crippen molar-refractivity contribution in [2.75, 3.05) is 18.0 Å². The summed E-state index contributed by atoms with van der Waals surface area (Å²) >= 11 is 0. The fourth-order valence-electron chi connectivity index (χ4n) is 3.78. The van der Waals surface area contributed by atoms with Crippen LogP contribution in [0.15, 0.2) is 47.6 Å². The van der Waals surface area contributed by atoms with E-state index in [1.54, 1.807) is 12.3 Å². The molecule has 4 heterocycles. The largest absolute Gasteiger partial charge is 0.484 e. The van der Waals surface area contributed by atoms with Gasteiger partial charge >= 0.3 is 0 Å². The van der Waals surface area contributed by atoms with Gasteiger partial charge in [-0.15, -0.1) is 5.10 Å². The molecule has 170 valence electrons. The molecule has 5 rings (SSSR count). The highest BCUT2D eigenvalue weighted by Gasteiger charge is 2.25. The van der Waals surface area contributed by atoms with E-state index in [2.05, 4.69) is 42.3 Å². The van der Waals surface area contributed by atoms with Gasteiger partial charge in [0, 0.05) is 37.5 Å². The summed E-state index contributed by atoms with van der Waals surface area (Å²) in [6, 6.07) is 4.53. The molecule has 4 aromatic rings. The number of aromatic nitrogens is 7. The zero-order valence-corrected chi connectivity index (χ0v) is 18.1. The van der Waals surface area contributed by atoms with Crippen molar-refractivity contribution in [2.45, 2.75) is 38.7 Å². The van der Waals surface area contributed by atoms with Crippen LogP contribution in [0.25, 0.3) is 5.69 Å². The molecule has 0 radical (unpaired) electrons. The van der Waals surface area contributed by atoms with Crippen LogP contribution < -0.4 is 9.64 Å². The Labute approximate surface area is 189 Å². The van der Waals surface area contributed by atoms with E-state index in [0.717, 1.165) is 43.9 Å². The molecular weight excluding hydrogens is 427 g/mol. The molecule has 1 aromatic carbocycles. The SMILES string of the molecule is CCc1cnc(N2CCC(c3nc(COc4ccc(-n5cnnn5)cc4F)co3)CC2)nc1. The topological polar surface area (TPSA) is 108 Å². The maximum atomic E-state index is 14.4. The van der Waals surface area contributed by atoms with Gasteiger partial charge in [0.05, 0.1) is 5.69 Å². The monoisotopic (exact) mass is 450 g/mol. The van der Waals surface area contributed by atoms with E-state index in [1.807, 2.05) is 12.4 Å². The van der Waals surface area contributed by atoms with Crippen molar-refractivity contribution in [1.29, 1.82) is 0 Å². The van der Waals surface area contributed by atoms with Gasteiger partial charge < -0.3 is 14.1 Å². The number of halogens is 1. The maximum absolute atomic E-state index is 14.4.